The molecule has 1 aliphatic heterocycles. The molecule has 4 heteroatoms. The summed E-state index contributed by atoms with van der Waals surface area (Å²) in [6.07, 6.45) is 3.29. The van der Waals surface area contributed by atoms with Crippen LogP contribution in [0, 0.1) is 5.92 Å². The smallest absolute Gasteiger partial charge is 0.410 e. The van der Waals surface area contributed by atoms with Crippen LogP contribution < -0.4 is 5.32 Å². The average molecular weight is 242 g/mol. The number of hydrogen-bond donors (Lipinski definition) is 1. The Morgan fingerprint density at radius 1 is 1.47 bits per heavy atom. The normalized spacial score (nSPS) is 21.4. The van der Waals surface area contributed by atoms with Crippen LogP contribution in [0.5, 0.6) is 0 Å². The van der Waals surface area contributed by atoms with Gasteiger partial charge in [0.05, 0.1) is 0 Å². The highest BCUT2D eigenvalue weighted by Gasteiger charge is 2.27. The van der Waals surface area contributed by atoms with Crippen LogP contribution >= 0.6 is 0 Å². The second-order valence-electron chi connectivity index (χ2n) is 5.83. The van der Waals surface area contributed by atoms with Crippen LogP contribution in [0.3, 0.4) is 0 Å². The van der Waals surface area contributed by atoms with Crippen molar-refractivity contribution in [1.29, 1.82) is 0 Å². The van der Waals surface area contributed by atoms with E-state index in [1.165, 1.54) is 6.42 Å². The van der Waals surface area contributed by atoms with Crippen molar-refractivity contribution in [3.05, 3.63) is 0 Å². The fourth-order valence-corrected chi connectivity index (χ4v) is 2.14. The first-order valence-corrected chi connectivity index (χ1v) is 6.55. The Hall–Kier alpha value is -0.770. The lowest BCUT2D eigenvalue weighted by molar-refractivity contribution is 0.0162. The molecule has 100 valence electrons. The van der Waals surface area contributed by atoms with Crippen molar-refractivity contribution in [2.45, 2.75) is 45.6 Å². The lowest BCUT2D eigenvalue weighted by Gasteiger charge is -2.34. The summed E-state index contributed by atoms with van der Waals surface area (Å²) in [6.45, 7) is 8.43. The number of carbonyl (C=O) groups excluding carboxylic acids is 1. The van der Waals surface area contributed by atoms with Crippen molar-refractivity contribution in [3.63, 3.8) is 0 Å². The molecule has 0 aromatic carbocycles. The van der Waals surface area contributed by atoms with Crippen molar-refractivity contribution in [1.82, 2.24) is 10.2 Å². The minimum absolute atomic E-state index is 0.161. The third-order valence-electron chi connectivity index (χ3n) is 2.97. The lowest BCUT2D eigenvalue weighted by Crippen LogP contribution is -2.43. The fourth-order valence-electron chi connectivity index (χ4n) is 2.14. The van der Waals surface area contributed by atoms with Gasteiger partial charge in [0.2, 0.25) is 0 Å². The summed E-state index contributed by atoms with van der Waals surface area (Å²) in [5.41, 5.74) is -0.394. The molecule has 0 aromatic rings. The molecule has 17 heavy (non-hydrogen) atoms. The van der Waals surface area contributed by atoms with E-state index < -0.39 is 5.60 Å². The fraction of sp³-hybridized carbons (Fsp3) is 0.923. The molecule has 1 N–H and O–H groups in total. The Balaban J connectivity index is 2.40. The molecule has 0 saturated carbocycles. The zero-order valence-corrected chi connectivity index (χ0v) is 11.6. The van der Waals surface area contributed by atoms with E-state index >= 15 is 0 Å². The largest absolute Gasteiger partial charge is 0.444 e. The van der Waals surface area contributed by atoms with Crippen molar-refractivity contribution < 1.29 is 9.53 Å². The van der Waals surface area contributed by atoms with E-state index in [4.69, 9.17) is 4.74 Å². The molecular weight excluding hydrogens is 216 g/mol. The standard InChI is InChI=1S/C13H26N2O2/c1-13(2,3)17-12(16)15-9-5-6-11(10-15)7-8-14-4/h11,14H,5-10H2,1-4H3/t11-/m0/s1. The number of likely N-dealkylation sites (tertiary alicyclic amines) is 1. The van der Waals surface area contributed by atoms with Crippen molar-refractivity contribution >= 4 is 6.09 Å². The second-order valence-corrected chi connectivity index (χ2v) is 5.83. The van der Waals surface area contributed by atoms with Gasteiger partial charge in [-0.15, -0.1) is 0 Å². The summed E-state index contributed by atoms with van der Waals surface area (Å²) in [5.74, 6) is 0.615. The van der Waals surface area contributed by atoms with Crippen LogP contribution in [-0.4, -0.2) is 43.3 Å². The van der Waals surface area contributed by atoms with E-state index in [9.17, 15) is 4.79 Å². The minimum Gasteiger partial charge on any atom is -0.444 e. The van der Waals surface area contributed by atoms with E-state index in [0.717, 1.165) is 32.5 Å². The van der Waals surface area contributed by atoms with Gasteiger partial charge in [0.1, 0.15) is 5.60 Å². The van der Waals surface area contributed by atoms with E-state index in [1.807, 2.05) is 32.7 Å². The average Bonchev–Trinajstić information content (AvgIpc) is 2.24. The topological polar surface area (TPSA) is 41.6 Å². The highest BCUT2D eigenvalue weighted by atomic mass is 16.6. The zero-order chi connectivity index (χ0) is 12.9. The van der Waals surface area contributed by atoms with E-state index in [-0.39, 0.29) is 6.09 Å². The van der Waals surface area contributed by atoms with Crippen molar-refractivity contribution in [2.24, 2.45) is 5.92 Å². The summed E-state index contributed by atoms with van der Waals surface area (Å²) < 4.78 is 5.40. The number of hydrogen-bond acceptors (Lipinski definition) is 3. The van der Waals surface area contributed by atoms with Crippen molar-refractivity contribution in [3.8, 4) is 0 Å². The third-order valence-corrected chi connectivity index (χ3v) is 2.97. The molecule has 0 bridgehead atoms. The predicted molar refractivity (Wildman–Crippen MR) is 69.1 cm³/mol. The summed E-state index contributed by atoms with van der Waals surface area (Å²) in [7, 11) is 1.97. The first-order valence-electron chi connectivity index (χ1n) is 6.55. The molecule has 1 rings (SSSR count). The number of ether oxygens (including phenoxy) is 1. The van der Waals surface area contributed by atoms with E-state index in [1.54, 1.807) is 0 Å². The number of carbonyl (C=O) groups is 1. The Kier molecular flexibility index (Phi) is 5.25. The first-order chi connectivity index (χ1) is 7.92. The molecule has 4 nitrogen and oxygen atoms in total. The SMILES string of the molecule is CNCC[C@@H]1CCCN(C(=O)OC(C)(C)C)C1. The zero-order valence-electron chi connectivity index (χ0n) is 11.6. The molecule has 0 spiro atoms. The van der Waals surface area contributed by atoms with E-state index in [0.29, 0.717) is 5.92 Å². The molecule has 1 heterocycles. The summed E-state index contributed by atoms with van der Waals surface area (Å²) in [4.78, 5) is 13.8. The van der Waals surface area contributed by atoms with Gasteiger partial charge in [-0.3, -0.25) is 0 Å². The van der Waals surface area contributed by atoms with Gasteiger partial charge >= 0.3 is 6.09 Å². The predicted octanol–water partition coefficient (Wildman–Crippen LogP) is 2.24. The maximum Gasteiger partial charge on any atom is 0.410 e. The van der Waals surface area contributed by atoms with Gasteiger partial charge in [-0.05, 0) is 59.5 Å². The van der Waals surface area contributed by atoms with Gasteiger partial charge in [-0.2, -0.15) is 0 Å². The highest BCUT2D eigenvalue weighted by molar-refractivity contribution is 5.68. The van der Waals surface area contributed by atoms with Crippen LogP contribution in [0.1, 0.15) is 40.0 Å². The number of rotatable bonds is 3. The molecule has 0 aliphatic carbocycles. The molecule has 1 aliphatic rings. The Labute approximate surface area is 105 Å². The maximum absolute atomic E-state index is 11.9. The quantitative estimate of drug-likeness (QED) is 0.825. The third kappa shape index (κ3) is 5.39. The minimum atomic E-state index is -0.394. The molecule has 0 radical (unpaired) electrons. The Bertz CT molecular complexity index is 248. The summed E-state index contributed by atoms with van der Waals surface area (Å²) in [6, 6.07) is 0. The monoisotopic (exact) mass is 242 g/mol. The maximum atomic E-state index is 11.9. The van der Waals surface area contributed by atoms with E-state index in [2.05, 4.69) is 5.32 Å². The molecule has 1 fully saturated rings. The second kappa shape index (κ2) is 6.24. The van der Waals surface area contributed by atoms with Crippen LogP contribution in [0.4, 0.5) is 4.79 Å². The molecule has 1 saturated heterocycles. The Morgan fingerprint density at radius 3 is 2.76 bits per heavy atom. The van der Waals surface area contributed by atoms with Gasteiger partial charge in [0.15, 0.2) is 0 Å². The first kappa shape index (κ1) is 14.3. The molecule has 1 atom stereocenters. The molecular formula is C13H26N2O2. The van der Waals surface area contributed by atoms with Gasteiger partial charge < -0.3 is 15.0 Å². The van der Waals surface area contributed by atoms with Crippen molar-refractivity contribution in [2.75, 3.05) is 26.7 Å². The summed E-state index contributed by atoms with van der Waals surface area (Å²) in [5, 5.41) is 3.16. The number of amides is 1. The number of piperidine rings is 1. The number of nitrogens with zero attached hydrogens (tertiary/aromatic N) is 1. The van der Waals surface area contributed by atoms with Gasteiger partial charge in [0, 0.05) is 13.1 Å². The van der Waals surface area contributed by atoms with Gasteiger partial charge in [-0.1, -0.05) is 0 Å². The Morgan fingerprint density at radius 2 is 2.18 bits per heavy atom. The lowest BCUT2D eigenvalue weighted by atomic mass is 9.95. The summed E-state index contributed by atoms with van der Waals surface area (Å²) >= 11 is 0. The van der Waals surface area contributed by atoms with Gasteiger partial charge in [0.25, 0.3) is 0 Å². The molecule has 0 aromatic heterocycles. The van der Waals surface area contributed by atoms with Gasteiger partial charge in [-0.25, -0.2) is 4.79 Å². The van der Waals surface area contributed by atoms with Crippen LogP contribution in [0.2, 0.25) is 0 Å². The number of nitrogens with one attached hydrogen (secondary N) is 1. The molecule has 0 unspecified atom stereocenters. The van der Waals surface area contributed by atoms with Crippen LogP contribution in [-0.2, 0) is 4.74 Å². The molecule has 1 amide bonds. The van der Waals surface area contributed by atoms with Crippen LogP contribution in [0.15, 0.2) is 0 Å². The van der Waals surface area contributed by atoms with Crippen LogP contribution in [0.25, 0.3) is 0 Å². The highest BCUT2D eigenvalue weighted by Crippen LogP contribution is 2.21.